The van der Waals surface area contributed by atoms with Gasteiger partial charge in [-0.15, -0.1) is 0 Å². The molecule has 0 unspecified atom stereocenters. The predicted molar refractivity (Wildman–Crippen MR) is 46.4 cm³/mol. The molecule has 0 aliphatic carbocycles. The average Bonchev–Trinajstić information content (AvgIpc) is 1.87. The minimum Gasteiger partial charge on any atom is -0.329 e. The predicted octanol–water partition coefficient (Wildman–Crippen LogP) is 0.102. The molecular weight excluding hydrogens is 140 g/mol. The highest BCUT2D eigenvalue weighted by atomic mass is 16.1. The Morgan fingerprint density at radius 1 is 1.55 bits per heavy atom. The number of nitrogens with two attached hydrogens (primary N) is 1. The maximum atomic E-state index is 11.1. The molecule has 2 N–H and O–H groups in total. The maximum absolute atomic E-state index is 11.1. The molecule has 0 heterocycles. The van der Waals surface area contributed by atoms with E-state index in [1.165, 1.54) is 0 Å². The van der Waals surface area contributed by atoms with Gasteiger partial charge in [-0.25, -0.2) is 0 Å². The molecule has 0 bridgehead atoms. The van der Waals surface area contributed by atoms with Crippen LogP contribution in [0.2, 0.25) is 0 Å². The molecule has 0 aromatic rings. The number of hydrogen-bond acceptors (Lipinski definition) is 3. The normalized spacial score (nSPS) is 11.1. The standard InChI is InChI=1S/C8H18N2O/c1-7(2)8(11)6-10(3)5-4-9/h7H,4-6,9H2,1-3H3. The Morgan fingerprint density at radius 3 is 2.45 bits per heavy atom. The molecule has 0 aromatic heterocycles. The van der Waals surface area contributed by atoms with E-state index in [0.29, 0.717) is 13.1 Å². The topological polar surface area (TPSA) is 46.3 Å². The molecule has 66 valence electrons. The molecule has 0 saturated heterocycles. The molecular formula is C8H18N2O. The molecule has 0 aliphatic heterocycles. The molecule has 0 fully saturated rings. The first-order chi connectivity index (χ1) is 5.07. The van der Waals surface area contributed by atoms with Gasteiger partial charge in [-0.3, -0.25) is 9.69 Å². The fraction of sp³-hybridized carbons (Fsp3) is 0.875. The van der Waals surface area contributed by atoms with Gasteiger partial charge in [-0.05, 0) is 7.05 Å². The van der Waals surface area contributed by atoms with E-state index in [-0.39, 0.29) is 11.7 Å². The summed E-state index contributed by atoms with van der Waals surface area (Å²) >= 11 is 0. The zero-order valence-corrected chi connectivity index (χ0v) is 7.63. The molecule has 0 aromatic carbocycles. The van der Waals surface area contributed by atoms with Gasteiger partial charge >= 0.3 is 0 Å². The maximum Gasteiger partial charge on any atom is 0.149 e. The van der Waals surface area contributed by atoms with E-state index in [1.54, 1.807) is 0 Å². The van der Waals surface area contributed by atoms with Crippen LogP contribution in [0.15, 0.2) is 0 Å². The van der Waals surface area contributed by atoms with Gasteiger partial charge in [-0.2, -0.15) is 0 Å². The lowest BCUT2D eigenvalue weighted by molar-refractivity contribution is -0.122. The Kier molecular flexibility index (Phi) is 5.07. The Morgan fingerprint density at radius 2 is 2.09 bits per heavy atom. The lowest BCUT2D eigenvalue weighted by Gasteiger charge is -2.15. The third kappa shape index (κ3) is 4.93. The second-order valence-electron chi connectivity index (χ2n) is 3.15. The summed E-state index contributed by atoms with van der Waals surface area (Å²) in [5.74, 6) is 0.413. The van der Waals surface area contributed by atoms with Gasteiger partial charge < -0.3 is 5.73 Å². The number of rotatable bonds is 5. The van der Waals surface area contributed by atoms with Crippen LogP contribution in [-0.2, 0) is 4.79 Å². The van der Waals surface area contributed by atoms with E-state index in [1.807, 2.05) is 25.8 Å². The fourth-order valence-electron chi connectivity index (χ4n) is 0.748. The molecule has 0 rings (SSSR count). The molecule has 0 spiro atoms. The van der Waals surface area contributed by atoms with E-state index in [9.17, 15) is 4.79 Å². The highest BCUT2D eigenvalue weighted by Gasteiger charge is 2.08. The van der Waals surface area contributed by atoms with Crippen molar-refractivity contribution in [3.63, 3.8) is 0 Å². The molecule has 0 aliphatic rings. The Balaban J connectivity index is 3.57. The van der Waals surface area contributed by atoms with Gasteiger partial charge in [0.05, 0.1) is 6.54 Å². The Bertz CT molecular complexity index is 123. The monoisotopic (exact) mass is 158 g/mol. The third-order valence-electron chi connectivity index (χ3n) is 1.58. The van der Waals surface area contributed by atoms with Crippen molar-refractivity contribution in [3.05, 3.63) is 0 Å². The first-order valence-corrected chi connectivity index (χ1v) is 3.99. The largest absolute Gasteiger partial charge is 0.329 e. The molecule has 0 atom stereocenters. The summed E-state index contributed by atoms with van der Waals surface area (Å²) in [6, 6.07) is 0. The zero-order chi connectivity index (χ0) is 8.85. The van der Waals surface area contributed by atoms with Gasteiger partial charge in [0, 0.05) is 19.0 Å². The van der Waals surface area contributed by atoms with Gasteiger partial charge in [0.1, 0.15) is 5.78 Å². The quantitative estimate of drug-likeness (QED) is 0.617. The summed E-state index contributed by atoms with van der Waals surface area (Å²) < 4.78 is 0. The number of carbonyl (C=O) groups is 1. The van der Waals surface area contributed by atoms with Crippen LogP contribution in [0.1, 0.15) is 13.8 Å². The van der Waals surface area contributed by atoms with Crippen molar-refractivity contribution in [1.29, 1.82) is 0 Å². The van der Waals surface area contributed by atoms with Crippen LogP contribution in [-0.4, -0.2) is 37.4 Å². The highest BCUT2D eigenvalue weighted by molar-refractivity contribution is 5.82. The van der Waals surface area contributed by atoms with Crippen molar-refractivity contribution < 1.29 is 4.79 Å². The van der Waals surface area contributed by atoms with Gasteiger partial charge in [-0.1, -0.05) is 13.8 Å². The SMILES string of the molecule is CC(C)C(=O)CN(C)CCN. The number of nitrogens with zero attached hydrogens (tertiary/aromatic N) is 1. The summed E-state index contributed by atoms with van der Waals surface area (Å²) in [5, 5.41) is 0. The Hall–Kier alpha value is -0.410. The van der Waals surface area contributed by atoms with Crippen LogP contribution in [0.5, 0.6) is 0 Å². The zero-order valence-electron chi connectivity index (χ0n) is 7.63. The van der Waals surface area contributed by atoms with Crippen LogP contribution < -0.4 is 5.73 Å². The molecule has 0 saturated carbocycles. The van der Waals surface area contributed by atoms with Crippen LogP contribution in [0.25, 0.3) is 0 Å². The van der Waals surface area contributed by atoms with Gasteiger partial charge in [0.15, 0.2) is 0 Å². The summed E-state index contributed by atoms with van der Waals surface area (Å²) in [6.07, 6.45) is 0. The number of Topliss-reactive ketones (excluding diaryl/α,β-unsaturated/α-hetero) is 1. The second-order valence-corrected chi connectivity index (χ2v) is 3.15. The molecule has 3 nitrogen and oxygen atoms in total. The number of carbonyl (C=O) groups excluding carboxylic acids is 1. The fourth-order valence-corrected chi connectivity index (χ4v) is 0.748. The minimum atomic E-state index is 0.134. The van der Waals surface area contributed by atoms with Crippen molar-refractivity contribution in [2.45, 2.75) is 13.8 Å². The van der Waals surface area contributed by atoms with Gasteiger partial charge in [0.2, 0.25) is 0 Å². The number of likely N-dealkylation sites (N-methyl/N-ethyl adjacent to an activating group) is 1. The van der Waals surface area contributed by atoms with Crippen LogP contribution in [0.3, 0.4) is 0 Å². The molecule has 11 heavy (non-hydrogen) atoms. The first-order valence-electron chi connectivity index (χ1n) is 3.99. The third-order valence-corrected chi connectivity index (χ3v) is 1.58. The molecule has 0 radical (unpaired) electrons. The smallest absolute Gasteiger partial charge is 0.149 e. The number of ketones is 1. The van der Waals surface area contributed by atoms with Crippen molar-refractivity contribution in [2.75, 3.05) is 26.7 Å². The van der Waals surface area contributed by atoms with E-state index < -0.39 is 0 Å². The number of hydrogen-bond donors (Lipinski definition) is 1. The summed E-state index contributed by atoms with van der Waals surface area (Å²) in [5.41, 5.74) is 5.33. The molecule has 3 heteroatoms. The Labute approximate surface area is 68.6 Å². The van der Waals surface area contributed by atoms with Crippen molar-refractivity contribution >= 4 is 5.78 Å². The minimum absolute atomic E-state index is 0.134. The van der Waals surface area contributed by atoms with Crippen molar-refractivity contribution in [2.24, 2.45) is 11.7 Å². The van der Waals surface area contributed by atoms with E-state index in [0.717, 1.165) is 6.54 Å². The van der Waals surface area contributed by atoms with E-state index in [2.05, 4.69) is 0 Å². The van der Waals surface area contributed by atoms with Crippen molar-refractivity contribution in [3.8, 4) is 0 Å². The van der Waals surface area contributed by atoms with E-state index >= 15 is 0 Å². The van der Waals surface area contributed by atoms with Gasteiger partial charge in [0.25, 0.3) is 0 Å². The average molecular weight is 158 g/mol. The lowest BCUT2D eigenvalue weighted by atomic mass is 10.1. The first kappa shape index (κ1) is 10.6. The highest BCUT2D eigenvalue weighted by Crippen LogP contribution is 1.95. The van der Waals surface area contributed by atoms with E-state index in [4.69, 9.17) is 5.73 Å². The van der Waals surface area contributed by atoms with Crippen LogP contribution in [0, 0.1) is 5.92 Å². The van der Waals surface area contributed by atoms with Crippen molar-refractivity contribution in [1.82, 2.24) is 4.90 Å². The second kappa shape index (κ2) is 5.27. The lowest BCUT2D eigenvalue weighted by Crippen LogP contribution is -2.32. The van der Waals surface area contributed by atoms with Crippen LogP contribution >= 0.6 is 0 Å². The van der Waals surface area contributed by atoms with Crippen LogP contribution in [0.4, 0.5) is 0 Å². The summed E-state index contributed by atoms with van der Waals surface area (Å²) in [7, 11) is 1.91. The summed E-state index contributed by atoms with van der Waals surface area (Å²) in [4.78, 5) is 13.1. The molecule has 0 amide bonds. The summed E-state index contributed by atoms with van der Waals surface area (Å²) in [6.45, 7) is 5.76.